The van der Waals surface area contributed by atoms with Gasteiger partial charge in [-0.1, -0.05) is 20.8 Å². The summed E-state index contributed by atoms with van der Waals surface area (Å²) in [4.78, 5) is 25.8. The number of ether oxygens (including phenoxy) is 1. The van der Waals surface area contributed by atoms with E-state index in [4.69, 9.17) is 10.5 Å². The van der Waals surface area contributed by atoms with Crippen molar-refractivity contribution in [2.75, 3.05) is 20.2 Å². The molecule has 2 N–H and O–H groups in total. The van der Waals surface area contributed by atoms with Crippen LogP contribution < -0.4 is 5.73 Å². The lowest BCUT2D eigenvalue weighted by molar-refractivity contribution is -0.145. The molecule has 20 heavy (non-hydrogen) atoms. The minimum absolute atomic E-state index is 0.0633. The molecular weight excluding hydrogens is 256 g/mol. The van der Waals surface area contributed by atoms with Gasteiger partial charge in [0.1, 0.15) is 0 Å². The molecular formula is C15H26N2O3. The zero-order valence-corrected chi connectivity index (χ0v) is 12.9. The van der Waals surface area contributed by atoms with E-state index < -0.39 is 0 Å². The van der Waals surface area contributed by atoms with E-state index in [2.05, 4.69) is 20.8 Å². The minimum atomic E-state index is -0.318. The number of carbonyl (C=O) groups is 2. The fraction of sp³-hybridized carbons (Fsp3) is 0.867. The lowest BCUT2D eigenvalue weighted by Gasteiger charge is -2.35. The second kappa shape index (κ2) is 5.35. The Hall–Kier alpha value is -1.10. The van der Waals surface area contributed by atoms with Crippen LogP contribution in [0.15, 0.2) is 0 Å². The second-order valence-corrected chi connectivity index (χ2v) is 6.97. The summed E-state index contributed by atoms with van der Waals surface area (Å²) in [6.45, 7) is 7.68. The largest absolute Gasteiger partial charge is 0.469 e. The van der Waals surface area contributed by atoms with Gasteiger partial charge in [-0.25, -0.2) is 0 Å². The summed E-state index contributed by atoms with van der Waals surface area (Å²) >= 11 is 0. The zero-order valence-electron chi connectivity index (χ0n) is 12.9. The van der Waals surface area contributed by atoms with Gasteiger partial charge in [0, 0.05) is 19.0 Å². The third-order valence-corrected chi connectivity index (χ3v) is 5.15. The molecule has 0 radical (unpaired) electrons. The first-order valence-electron chi connectivity index (χ1n) is 7.39. The van der Waals surface area contributed by atoms with E-state index in [0.29, 0.717) is 19.0 Å². The number of nitrogens with two attached hydrogens (primary N) is 1. The molecule has 2 aliphatic rings. The minimum Gasteiger partial charge on any atom is -0.469 e. The van der Waals surface area contributed by atoms with Gasteiger partial charge in [-0.05, 0) is 30.2 Å². The Balaban J connectivity index is 2.19. The Labute approximate surface area is 120 Å². The van der Waals surface area contributed by atoms with Gasteiger partial charge >= 0.3 is 5.97 Å². The summed E-state index contributed by atoms with van der Waals surface area (Å²) in [7, 11) is 1.37. The van der Waals surface area contributed by atoms with Gasteiger partial charge in [0.05, 0.1) is 13.0 Å². The standard InChI is InChI=1S/C15H26N2O3/c1-9-6-15(2,3)11(7-16)13(9)17-8-10(5-12(17)18)14(19)20-4/h9-11,13H,5-8,16H2,1-4H3. The Morgan fingerprint density at radius 3 is 2.70 bits per heavy atom. The van der Waals surface area contributed by atoms with Crippen molar-refractivity contribution in [1.82, 2.24) is 4.90 Å². The Kier molecular flexibility index (Phi) is 4.09. The summed E-state index contributed by atoms with van der Waals surface area (Å²) in [5.41, 5.74) is 6.11. The highest BCUT2D eigenvalue weighted by atomic mass is 16.5. The summed E-state index contributed by atoms with van der Waals surface area (Å²) in [5, 5.41) is 0. The molecule has 1 aliphatic heterocycles. The van der Waals surface area contributed by atoms with E-state index in [-0.39, 0.29) is 41.6 Å². The monoisotopic (exact) mass is 282 g/mol. The van der Waals surface area contributed by atoms with Crippen molar-refractivity contribution in [3.63, 3.8) is 0 Å². The SMILES string of the molecule is COC(=O)C1CC(=O)N(C2C(C)CC(C)(C)C2CN)C1. The van der Waals surface area contributed by atoms with Crippen molar-refractivity contribution in [2.45, 2.75) is 39.7 Å². The fourth-order valence-electron chi connectivity index (χ4n) is 4.29. The molecule has 0 aromatic rings. The first-order valence-corrected chi connectivity index (χ1v) is 7.39. The number of esters is 1. The molecule has 2 rings (SSSR count). The molecule has 2 fully saturated rings. The number of hydrogen-bond donors (Lipinski definition) is 1. The third kappa shape index (κ3) is 2.43. The third-order valence-electron chi connectivity index (χ3n) is 5.15. The molecule has 1 saturated heterocycles. The van der Waals surface area contributed by atoms with Crippen molar-refractivity contribution in [2.24, 2.45) is 28.9 Å². The molecule has 1 heterocycles. The molecule has 0 spiro atoms. The summed E-state index contributed by atoms with van der Waals surface area (Å²) in [6, 6.07) is 0.150. The number of likely N-dealkylation sites (tertiary alicyclic amines) is 1. The number of carbonyl (C=O) groups excluding carboxylic acids is 2. The van der Waals surface area contributed by atoms with Crippen LogP contribution in [0.25, 0.3) is 0 Å². The molecule has 5 heteroatoms. The van der Waals surface area contributed by atoms with Gasteiger partial charge in [0.25, 0.3) is 0 Å². The normalized spacial score (nSPS) is 36.5. The van der Waals surface area contributed by atoms with E-state index in [1.165, 1.54) is 7.11 Å². The van der Waals surface area contributed by atoms with Gasteiger partial charge in [-0.15, -0.1) is 0 Å². The molecule has 0 bridgehead atoms. The number of amides is 1. The summed E-state index contributed by atoms with van der Waals surface area (Å²) in [5.74, 6) is 0.169. The summed E-state index contributed by atoms with van der Waals surface area (Å²) < 4.78 is 4.77. The maximum atomic E-state index is 12.3. The lowest BCUT2D eigenvalue weighted by Crippen LogP contribution is -2.46. The predicted octanol–water partition coefficient (Wildman–Crippen LogP) is 1.02. The van der Waals surface area contributed by atoms with Gasteiger partial charge in [0.2, 0.25) is 5.91 Å². The average molecular weight is 282 g/mol. The van der Waals surface area contributed by atoms with Crippen LogP contribution in [0, 0.1) is 23.2 Å². The predicted molar refractivity (Wildman–Crippen MR) is 75.7 cm³/mol. The fourth-order valence-corrected chi connectivity index (χ4v) is 4.29. The first-order chi connectivity index (χ1) is 9.31. The Bertz CT molecular complexity index is 408. The van der Waals surface area contributed by atoms with Crippen LogP contribution in [0.5, 0.6) is 0 Å². The van der Waals surface area contributed by atoms with E-state index in [9.17, 15) is 9.59 Å². The molecule has 0 aromatic heterocycles. The van der Waals surface area contributed by atoms with Gasteiger partial charge in [-0.3, -0.25) is 9.59 Å². The van der Waals surface area contributed by atoms with Crippen molar-refractivity contribution in [3.8, 4) is 0 Å². The highest BCUT2D eigenvalue weighted by Gasteiger charge is 2.51. The first kappa shape index (κ1) is 15.3. The average Bonchev–Trinajstić information content (AvgIpc) is 2.85. The van der Waals surface area contributed by atoms with E-state index >= 15 is 0 Å². The molecule has 5 nitrogen and oxygen atoms in total. The van der Waals surface area contributed by atoms with Gasteiger partial charge in [0.15, 0.2) is 0 Å². The molecule has 114 valence electrons. The maximum absolute atomic E-state index is 12.3. The molecule has 0 aromatic carbocycles. The van der Waals surface area contributed by atoms with Crippen LogP contribution in [0.1, 0.15) is 33.6 Å². The number of nitrogens with zero attached hydrogens (tertiary/aromatic N) is 1. The van der Waals surface area contributed by atoms with E-state index in [0.717, 1.165) is 6.42 Å². The highest BCUT2D eigenvalue weighted by molar-refractivity contribution is 5.87. The topological polar surface area (TPSA) is 72.6 Å². The number of rotatable bonds is 3. The number of hydrogen-bond acceptors (Lipinski definition) is 4. The van der Waals surface area contributed by atoms with Crippen LogP contribution >= 0.6 is 0 Å². The lowest BCUT2D eigenvalue weighted by atomic mass is 9.80. The molecule has 1 aliphatic carbocycles. The van der Waals surface area contributed by atoms with Crippen molar-refractivity contribution < 1.29 is 14.3 Å². The van der Waals surface area contributed by atoms with Crippen LogP contribution in [0.4, 0.5) is 0 Å². The van der Waals surface area contributed by atoms with Crippen LogP contribution in [-0.4, -0.2) is 43.0 Å². The van der Waals surface area contributed by atoms with Crippen molar-refractivity contribution >= 4 is 11.9 Å². The van der Waals surface area contributed by atoms with E-state index in [1.54, 1.807) is 0 Å². The van der Waals surface area contributed by atoms with Crippen LogP contribution in [0.2, 0.25) is 0 Å². The Morgan fingerprint density at radius 2 is 2.15 bits per heavy atom. The van der Waals surface area contributed by atoms with Crippen LogP contribution in [-0.2, 0) is 14.3 Å². The molecule has 1 saturated carbocycles. The van der Waals surface area contributed by atoms with Crippen molar-refractivity contribution in [3.05, 3.63) is 0 Å². The quantitative estimate of drug-likeness (QED) is 0.784. The molecule has 4 atom stereocenters. The van der Waals surface area contributed by atoms with E-state index in [1.807, 2.05) is 4.90 Å². The van der Waals surface area contributed by atoms with Gasteiger partial charge < -0.3 is 15.4 Å². The number of methoxy groups -OCH3 is 1. The van der Waals surface area contributed by atoms with Gasteiger partial charge in [-0.2, -0.15) is 0 Å². The van der Waals surface area contributed by atoms with Crippen molar-refractivity contribution in [1.29, 1.82) is 0 Å². The molecule has 1 amide bonds. The zero-order chi connectivity index (χ0) is 15.1. The van der Waals surface area contributed by atoms with Crippen LogP contribution in [0.3, 0.4) is 0 Å². The second-order valence-electron chi connectivity index (χ2n) is 6.97. The Morgan fingerprint density at radius 1 is 1.50 bits per heavy atom. The smallest absolute Gasteiger partial charge is 0.310 e. The summed E-state index contributed by atoms with van der Waals surface area (Å²) in [6.07, 6.45) is 1.33. The molecule has 4 unspecified atom stereocenters. The highest BCUT2D eigenvalue weighted by Crippen LogP contribution is 2.48. The maximum Gasteiger partial charge on any atom is 0.310 e.